The first-order valence-electron chi connectivity index (χ1n) is 5.40. The summed E-state index contributed by atoms with van der Waals surface area (Å²) in [5.41, 5.74) is 0. The molecule has 6 nitrogen and oxygen atoms in total. The molecule has 1 saturated heterocycles. The van der Waals surface area contributed by atoms with Gasteiger partial charge in [0.05, 0.1) is 6.42 Å². The Labute approximate surface area is 94.4 Å². The molecule has 0 bridgehead atoms. The number of urea groups is 1. The third-order valence-corrected chi connectivity index (χ3v) is 2.51. The van der Waals surface area contributed by atoms with Gasteiger partial charge in [-0.2, -0.15) is 0 Å². The van der Waals surface area contributed by atoms with Crippen molar-refractivity contribution >= 4 is 17.8 Å². The minimum Gasteiger partial charge on any atom is -0.346 e. The molecule has 0 spiro atoms. The van der Waals surface area contributed by atoms with Crippen LogP contribution in [-0.2, 0) is 9.59 Å². The molecule has 1 unspecified atom stereocenters. The minimum atomic E-state index is -0.718. The first kappa shape index (κ1) is 12.5. The van der Waals surface area contributed by atoms with Gasteiger partial charge in [0, 0.05) is 13.6 Å². The van der Waals surface area contributed by atoms with Crippen LogP contribution >= 0.6 is 0 Å². The highest BCUT2D eigenvalue weighted by molar-refractivity contribution is 6.05. The van der Waals surface area contributed by atoms with E-state index >= 15 is 0 Å². The molecule has 0 aromatic rings. The number of hydrogen-bond acceptors (Lipinski definition) is 3. The topological polar surface area (TPSA) is 78.5 Å². The summed E-state index contributed by atoms with van der Waals surface area (Å²) in [4.78, 5) is 35.2. The van der Waals surface area contributed by atoms with Gasteiger partial charge in [0.1, 0.15) is 6.04 Å². The second kappa shape index (κ2) is 5.48. The average molecular weight is 227 g/mol. The molecule has 0 aliphatic carbocycles. The highest BCUT2D eigenvalue weighted by atomic mass is 16.2. The lowest BCUT2D eigenvalue weighted by molar-refractivity contribution is -0.132. The maximum atomic E-state index is 11.7. The molecule has 1 aliphatic heterocycles. The molecule has 0 saturated carbocycles. The van der Waals surface area contributed by atoms with Crippen molar-refractivity contribution in [1.29, 1.82) is 0 Å². The number of rotatable bonds is 5. The molecule has 4 amide bonds. The van der Waals surface area contributed by atoms with E-state index < -0.39 is 18.0 Å². The molecule has 1 fully saturated rings. The number of nitrogens with zero attached hydrogens (tertiary/aromatic N) is 1. The maximum absolute atomic E-state index is 11.7. The van der Waals surface area contributed by atoms with Gasteiger partial charge in [-0.3, -0.25) is 14.9 Å². The van der Waals surface area contributed by atoms with Crippen molar-refractivity contribution < 1.29 is 14.4 Å². The zero-order valence-corrected chi connectivity index (χ0v) is 9.58. The van der Waals surface area contributed by atoms with Crippen molar-refractivity contribution in [3.63, 3.8) is 0 Å². The number of carbonyl (C=O) groups is 3. The first-order chi connectivity index (χ1) is 7.54. The van der Waals surface area contributed by atoms with Gasteiger partial charge in [-0.25, -0.2) is 4.79 Å². The number of amides is 4. The van der Waals surface area contributed by atoms with Crippen molar-refractivity contribution in [2.45, 2.75) is 32.2 Å². The van der Waals surface area contributed by atoms with Crippen LogP contribution < -0.4 is 10.6 Å². The van der Waals surface area contributed by atoms with E-state index in [-0.39, 0.29) is 12.3 Å². The van der Waals surface area contributed by atoms with Crippen LogP contribution in [0.4, 0.5) is 4.79 Å². The number of nitrogens with one attached hydrogen (secondary N) is 2. The first-order valence-corrected chi connectivity index (χ1v) is 5.40. The highest BCUT2D eigenvalue weighted by Gasteiger charge is 2.31. The van der Waals surface area contributed by atoms with Gasteiger partial charge >= 0.3 is 6.03 Å². The monoisotopic (exact) mass is 227 g/mol. The van der Waals surface area contributed by atoms with Crippen LogP contribution in [0.3, 0.4) is 0 Å². The third kappa shape index (κ3) is 3.22. The highest BCUT2D eigenvalue weighted by Crippen LogP contribution is 2.03. The smallest absolute Gasteiger partial charge is 0.322 e. The summed E-state index contributed by atoms with van der Waals surface area (Å²) < 4.78 is 0. The third-order valence-electron chi connectivity index (χ3n) is 2.51. The normalized spacial score (nSPS) is 19.2. The molecule has 16 heavy (non-hydrogen) atoms. The zero-order chi connectivity index (χ0) is 12.1. The number of unbranched alkanes of at least 4 members (excludes halogenated alkanes) is 1. The molecule has 1 aliphatic rings. The van der Waals surface area contributed by atoms with Crippen LogP contribution in [0.1, 0.15) is 26.2 Å². The van der Waals surface area contributed by atoms with Gasteiger partial charge in [0.15, 0.2) is 0 Å². The fourth-order valence-corrected chi connectivity index (χ4v) is 1.45. The Balaban J connectivity index is 2.39. The van der Waals surface area contributed by atoms with Crippen molar-refractivity contribution in [2.75, 3.05) is 13.6 Å². The summed E-state index contributed by atoms with van der Waals surface area (Å²) in [6.45, 7) is 2.72. The molecule has 2 N–H and O–H groups in total. The molecule has 90 valence electrons. The fraction of sp³-hybridized carbons (Fsp3) is 0.700. The predicted octanol–water partition coefficient (Wildman–Crippen LogP) is -0.157. The van der Waals surface area contributed by atoms with Gasteiger partial charge in [-0.05, 0) is 6.42 Å². The largest absolute Gasteiger partial charge is 0.346 e. The van der Waals surface area contributed by atoms with Crippen molar-refractivity contribution in [3.05, 3.63) is 0 Å². The summed E-state index contributed by atoms with van der Waals surface area (Å²) in [7, 11) is 1.70. The fourth-order valence-electron chi connectivity index (χ4n) is 1.45. The lowest BCUT2D eigenvalue weighted by Gasteiger charge is -2.17. The lowest BCUT2D eigenvalue weighted by atomic mass is 10.2. The van der Waals surface area contributed by atoms with E-state index in [4.69, 9.17) is 0 Å². The van der Waals surface area contributed by atoms with Crippen LogP contribution in [0.2, 0.25) is 0 Å². The number of imide groups is 1. The number of carbonyl (C=O) groups excluding carboxylic acids is 3. The molecule has 6 heteroatoms. The molecule has 0 aromatic heterocycles. The quantitative estimate of drug-likeness (QED) is 0.641. The summed E-state index contributed by atoms with van der Waals surface area (Å²) in [5.74, 6) is -0.557. The van der Waals surface area contributed by atoms with Crippen molar-refractivity contribution in [3.8, 4) is 0 Å². The van der Waals surface area contributed by atoms with E-state index in [9.17, 15) is 14.4 Å². The molecule has 1 heterocycles. The Bertz CT molecular complexity index is 304. The van der Waals surface area contributed by atoms with E-state index in [0.29, 0.717) is 6.54 Å². The van der Waals surface area contributed by atoms with Gasteiger partial charge in [0.25, 0.3) is 5.91 Å². The summed E-state index contributed by atoms with van der Waals surface area (Å²) in [5, 5.41) is 4.49. The van der Waals surface area contributed by atoms with Gasteiger partial charge < -0.3 is 10.2 Å². The molecule has 1 atom stereocenters. The van der Waals surface area contributed by atoms with Gasteiger partial charge in [-0.15, -0.1) is 0 Å². The van der Waals surface area contributed by atoms with E-state index in [1.54, 1.807) is 11.9 Å². The maximum Gasteiger partial charge on any atom is 0.322 e. The van der Waals surface area contributed by atoms with Gasteiger partial charge in [-0.1, -0.05) is 13.3 Å². The number of hydrogen-bond donors (Lipinski definition) is 2. The van der Waals surface area contributed by atoms with E-state index in [1.165, 1.54) is 0 Å². The van der Waals surface area contributed by atoms with E-state index in [0.717, 1.165) is 12.8 Å². The van der Waals surface area contributed by atoms with Crippen molar-refractivity contribution in [2.24, 2.45) is 0 Å². The molecule has 0 aromatic carbocycles. The van der Waals surface area contributed by atoms with Gasteiger partial charge in [0.2, 0.25) is 5.91 Å². The Morgan fingerprint density at radius 2 is 2.12 bits per heavy atom. The zero-order valence-electron chi connectivity index (χ0n) is 9.58. The van der Waals surface area contributed by atoms with Crippen LogP contribution in [0.25, 0.3) is 0 Å². The Morgan fingerprint density at radius 1 is 1.44 bits per heavy atom. The predicted molar refractivity (Wildman–Crippen MR) is 57.6 cm³/mol. The summed E-state index contributed by atoms with van der Waals surface area (Å²) in [6, 6.07) is -1.25. The van der Waals surface area contributed by atoms with Crippen LogP contribution in [0.5, 0.6) is 0 Å². The summed E-state index contributed by atoms with van der Waals surface area (Å²) in [6.07, 6.45) is 1.97. The Hall–Kier alpha value is -1.59. The Kier molecular flexibility index (Phi) is 4.28. The van der Waals surface area contributed by atoms with Crippen LogP contribution in [0.15, 0.2) is 0 Å². The molecular formula is C10H17N3O3. The van der Waals surface area contributed by atoms with Crippen molar-refractivity contribution in [1.82, 2.24) is 15.5 Å². The molecular weight excluding hydrogens is 210 g/mol. The second-order valence-electron chi connectivity index (χ2n) is 3.89. The van der Waals surface area contributed by atoms with Crippen LogP contribution in [0, 0.1) is 0 Å². The van der Waals surface area contributed by atoms with E-state index in [1.807, 2.05) is 6.92 Å². The molecule has 1 rings (SSSR count). The van der Waals surface area contributed by atoms with Crippen LogP contribution in [-0.4, -0.2) is 42.4 Å². The SMILES string of the molecule is CCCCN(C)C(=O)CC1NC(=O)NC1=O. The second-order valence-corrected chi connectivity index (χ2v) is 3.89. The summed E-state index contributed by atoms with van der Waals surface area (Å²) >= 11 is 0. The molecule has 0 radical (unpaired) electrons. The lowest BCUT2D eigenvalue weighted by Crippen LogP contribution is -2.37. The standard InChI is InChI=1S/C10H17N3O3/c1-3-4-5-13(2)8(14)6-7-9(15)12-10(16)11-7/h7H,3-6H2,1-2H3,(H2,11,12,15,16). The minimum absolute atomic E-state index is 0.0256. The van der Waals surface area contributed by atoms with E-state index in [2.05, 4.69) is 10.6 Å². The average Bonchev–Trinajstić information content (AvgIpc) is 2.53. The Morgan fingerprint density at radius 3 is 2.62 bits per heavy atom.